The van der Waals surface area contributed by atoms with Crippen LogP contribution in [0.15, 0.2) is 46.4 Å². The van der Waals surface area contributed by atoms with Gasteiger partial charge in [0, 0.05) is 5.02 Å². The second-order valence-corrected chi connectivity index (χ2v) is 12.7. The first kappa shape index (κ1) is 44.3. The summed E-state index contributed by atoms with van der Waals surface area (Å²) in [5, 5.41) is 0.659. The predicted octanol–water partition coefficient (Wildman–Crippen LogP) is 6.01. The Morgan fingerprint density at radius 1 is 0.565 bits per heavy atom. The Hall–Kier alpha value is -1.68. The van der Waals surface area contributed by atoms with E-state index in [0.717, 1.165) is 85.6 Å². The van der Waals surface area contributed by atoms with Crippen molar-refractivity contribution < 1.29 is 41.9 Å². The molecule has 0 aliphatic rings. The third-order valence-corrected chi connectivity index (χ3v) is 8.33. The summed E-state index contributed by atoms with van der Waals surface area (Å²) in [6.45, 7) is 17.5. The van der Waals surface area contributed by atoms with Crippen molar-refractivity contribution in [3.8, 4) is 0 Å². The molecule has 0 aliphatic carbocycles. The molecule has 2 aromatic carbocycles. The van der Waals surface area contributed by atoms with Crippen LogP contribution in [-0.4, -0.2) is 16.4 Å². The van der Waals surface area contributed by atoms with E-state index in [4.69, 9.17) is 26.6 Å². The fourth-order valence-electron chi connectivity index (χ4n) is 5.70. The number of aliphatic imine (C=N–C) groups is 2. The first-order valence-electron chi connectivity index (χ1n) is 16.7. The summed E-state index contributed by atoms with van der Waals surface area (Å²) in [7, 11) is 0. The second-order valence-electron chi connectivity index (χ2n) is 12.2. The van der Waals surface area contributed by atoms with E-state index in [1.165, 1.54) is 59.1 Å². The van der Waals surface area contributed by atoms with Crippen molar-refractivity contribution in [3.05, 3.63) is 86.2 Å². The fraction of sp³-hybridized carbons (Fsp3) is 0.513. The van der Waals surface area contributed by atoms with Crippen molar-refractivity contribution in [2.24, 2.45) is 9.98 Å². The van der Waals surface area contributed by atoms with Crippen molar-refractivity contribution in [3.63, 3.8) is 0 Å². The Morgan fingerprint density at radius 3 is 1.11 bits per heavy atom. The molecule has 1 heterocycles. The minimum atomic E-state index is 0. The first-order chi connectivity index (χ1) is 20.7. The van der Waals surface area contributed by atoms with Crippen LogP contribution in [0.4, 0.5) is 11.4 Å². The Morgan fingerprint density at radius 2 is 0.848 bits per heavy atom. The summed E-state index contributed by atoms with van der Waals surface area (Å²) in [5.41, 5.74) is 13.6. The van der Waals surface area contributed by atoms with Crippen LogP contribution in [0.25, 0.3) is 0 Å². The number of halogens is 3. The van der Waals surface area contributed by atoms with E-state index < -0.39 is 0 Å². The molecule has 0 radical (unpaired) electrons. The zero-order valence-electron chi connectivity index (χ0n) is 29.3. The number of hydrogen-bond donors (Lipinski definition) is 0. The van der Waals surface area contributed by atoms with E-state index >= 15 is 0 Å². The van der Waals surface area contributed by atoms with E-state index in [0.29, 0.717) is 5.02 Å². The zero-order chi connectivity index (χ0) is 31.4. The maximum absolute atomic E-state index is 6.73. The van der Waals surface area contributed by atoms with Gasteiger partial charge in [0.25, 0.3) is 0 Å². The Bertz CT molecular complexity index is 1270. The molecule has 0 amide bonds. The quantitative estimate of drug-likeness (QED) is 0.132. The molecule has 3 nitrogen and oxygen atoms in total. The van der Waals surface area contributed by atoms with Crippen molar-refractivity contribution in [1.29, 1.82) is 0 Å². The van der Waals surface area contributed by atoms with Crippen LogP contribution in [0, 0.1) is 13.8 Å². The summed E-state index contributed by atoms with van der Waals surface area (Å²) >= 11 is 6.73. The predicted molar refractivity (Wildman–Crippen MR) is 190 cm³/mol. The molecular formula is C39H54Cl3FeN3. The molecule has 0 N–H and O–H groups in total. The maximum Gasteiger partial charge on any atom is 2.00 e. The van der Waals surface area contributed by atoms with Gasteiger partial charge >= 0.3 is 17.1 Å². The SMILES string of the molecule is CCCCc1cc(C)cc(CCCC)c1N=C(C)c1cc(Cl)cc(C(C)=Nc2c(CCCC)cc(C)cc2CCCC)n1.[Cl-].[Cl-].[Fe+2]. The van der Waals surface area contributed by atoms with Gasteiger partial charge in [0.2, 0.25) is 0 Å². The molecule has 254 valence electrons. The van der Waals surface area contributed by atoms with E-state index in [1.807, 2.05) is 12.1 Å². The fourth-order valence-corrected chi connectivity index (χ4v) is 5.91. The number of aryl methyl sites for hydroxylation is 6. The van der Waals surface area contributed by atoms with E-state index in [2.05, 4.69) is 79.7 Å². The average Bonchev–Trinajstić information content (AvgIpc) is 2.98. The molecule has 1 aromatic heterocycles. The van der Waals surface area contributed by atoms with Crippen LogP contribution in [0.5, 0.6) is 0 Å². The third kappa shape index (κ3) is 13.1. The van der Waals surface area contributed by atoms with Gasteiger partial charge in [-0.3, -0.25) is 9.98 Å². The number of unbranched alkanes of at least 4 members (excludes halogenated alkanes) is 4. The van der Waals surface area contributed by atoms with Gasteiger partial charge in [-0.1, -0.05) is 100 Å². The Labute approximate surface area is 308 Å². The summed E-state index contributed by atoms with van der Waals surface area (Å²) in [6, 6.07) is 13.1. The number of nitrogens with zero attached hydrogens (tertiary/aromatic N) is 3. The van der Waals surface area contributed by atoms with Gasteiger partial charge in [0.1, 0.15) is 0 Å². The molecule has 0 saturated carbocycles. The molecule has 0 fully saturated rings. The van der Waals surface area contributed by atoms with Crippen molar-refractivity contribution in [2.75, 3.05) is 0 Å². The van der Waals surface area contributed by atoms with Crippen LogP contribution < -0.4 is 24.8 Å². The van der Waals surface area contributed by atoms with Gasteiger partial charge in [0.15, 0.2) is 0 Å². The van der Waals surface area contributed by atoms with Crippen molar-refractivity contribution >= 4 is 34.4 Å². The van der Waals surface area contributed by atoms with Crippen LogP contribution in [-0.2, 0) is 42.8 Å². The molecule has 0 unspecified atom stereocenters. The monoisotopic (exact) mass is 725 g/mol. The number of aromatic nitrogens is 1. The molecule has 46 heavy (non-hydrogen) atoms. The molecular weight excluding hydrogens is 673 g/mol. The zero-order valence-corrected chi connectivity index (χ0v) is 32.7. The maximum atomic E-state index is 6.73. The van der Waals surface area contributed by atoms with Gasteiger partial charge in [-0.05, 0) is 113 Å². The van der Waals surface area contributed by atoms with Crippen LogP contribution in [0.2, 0.25) is 5.02 Å². The molecule has 0 atom stereocenters. The van der Waals surface area contributed by atoms with Crippen molar-refractivity contribution in [1.82, 2.24) is 4.98 Å². The molecule has 0 bridgehead atoms. The van der Waals surface area contributed by atoms with Gasteiger partial charge in [0.05, 0.1) is 34.2 Å². The smallest absolute Gasteiger partial charge is 1.00 e. The molecule has 0 spiro atoms. The minimum Gasteiger partial charge on any atom is -1.00 e. The summed E-state index contributed by atoms with van der Waals surface area (Å²) in [4.78, 5) is 15.6. The number of hydrogen-bond acceptors (Lipinski definition) is 3. The largest absolute Gasteiger partial charge is 2.00 e. The van der Waals surface area contributed by atoms with E-state index in [1.54, 1.807) is 0 Å². The normalized spacial score (nSPS) is 11.5. The van der Waals surface area contributed by atoms with E-state index in [-0.39, 0.29) is 41.9 Å². The number of pyridine rings is 1. The minimum absolute atomic E-state index is 0. The third-order valence-electron chi connectivity index (χ3n) is 8.11. The Kier molecular flexibility index (Phi) is 22.0. The molecule has 7 heteroatoms. The van der Waals surface area contributed by atoms with Gasteiger partial charge < -0.3 is 24.8 Å². The Balaban J connectivity index is 0.00000675. The molecule has 0 aliphatic heterocycles. The van der Waals surface area contributed by atoms with Gasteiger partial charge in [-0.2, -0.15) is 0 Å². The molecule has 3 rings (SSSR count). The standard InChI is InChI=1S/C39H54ClN3.2ClH.Fe/c1-9-13-17-31-21-27(5)22-32(18-14-10-2)38(31)41-29(7)36-25-35(40)26-37(43-36)30(8)42-39-33(19-15-11-3)23-28(6)24-34(39)20-16-12-4;;;/h21-26H,9-20H2,1-8H3;2*1H;/q;;;+2/p-2. The van der Waals surface area contributed by atoms with Crippen LogP contribution in [0.1, 0.15) is 138 Å². The average molecular weight is 727 g/mol. The van der Waals surface area contributed by atoms with Gasteiger partial charge in [-0.25, -0.2) is 4.98 Å². The number of benzene rings is 2. The molecule has 3 aromatic rings. The topological polar surface area (TPSA) is 37.6 Å². The summed E-state index contributed by atoms with van der Waals surface area (Å²) in [5.74, 6) is 0. The van der Waals surface area contributed by atoms with Crippen LogP contribution in [0.3, 0.4) is 0 Å². The van der Waals surface area contributed by atoms with Crippen molar-refractivity contribution in [2.45, 2.75) is 132 Å². The van der Waals surface area contributed by atoms with E-state index in [9.17, 15) is 0 Å². The summed E-state index contributed by atoms with van der Waals surface area (Å²) in [6.07, 6.45) is 13.5. The summed E-state index contributed by atoms with van der Waals surface area (Å²) < 4.78 is 0. The van der Waals surface area contributed by atoms with Crippen LogP contribution >= 0.6 is 11.6 Å². The second kappa shape index (κ2) is 22.8. The van der Waals surface area contributed by atoms with Gasteiger partial charge in [-0.15, -0.1) is 0 Å². The molecule has 0 saturated heterocycles. The number of rotatable bonds is 16. The first-order valence-corrected chi connectivity index (χ1v) is 17.1.